The molecule has 68 valence electrons. The average molecular weight is 182 g/mol. The minimum absolute atomic E-state index is 0.116. The first-order chi connectivity index (χ1) is 6.36. The summed E-state index contributed by atoms with van der Waals surface area (Å²) in [4.78, 5) is 0. The maximum Gasteiger partial charge on any atom is 0.162 e. The molecule has 2 N–H and O–H groups in total. The van der Waals surface area contributed by atoms with E-state index in [0.29, 0.717) is 24.2 Å². The first-order valence-corrected chi connectivity index (χ1v) is 3.62. The van der Waals surface area contributed by atoms with E-state index in [1.807, 2.05) is 0 Å². The smallest absolute Gasteiger partial charge is 0.162 e. The Bertz CT molecular complexity index is 381. The summed E-state index contributed by atoms with van der Waals surface area (Å²) in [6, 6.07) is 0. The van der Waals surface area contributed by atoms with Crippen molar-refractivity contribution in [2.75, 3.05) is 0 Å². The summed E-state index contributed by atoms with van der Waals surface area (Å²) in [7, 11) is 0. The minimum atomic E-state index is 0.116. The molecular formula is C6H6N4O3. The highest BCUT2D eigenvalue weighted by Crippen LogP contribution is 2.16. The van der Waals surface area contributed by atoms with Gasteiger partial charge in [0.25, 0.3) is 0 Å². The first-order valence-electron chi connectivity index (χ1n) is 3.62. The van der Waals surface area contributed by atoms with Gasteiger partial charge >= 0.3 is 0 Å². The van der Waals surface area contributed by atoms with E-state index >= 15 is 0 Å². The lowest BCUT2D eigenvalue weighted by atomic mass is 9.97. The molecule has 0 aliphatic heterocycles. The monoisotopic (exact) mass is 182 g/mol. The molecule has 0 amide bonds. The molecule has 0 atom stereocenters. The van der Waals surface area contributed by atoms with Crippen LogP contribution >= 0.6 is 0 Å². The molecule has 0 unspecified atom stereocenters. The van der Waals surface area contributed by atoms with Crippen LogP contribution in [-0.4, -0.2) is 32.2 Å². The van der Waals surface area contributed by atoms with Gasteiger partial charge in [0.2, 0.25) is 0 Å². The molecule has 7 heteroatoms. The molecule has 7 nitrogen and oxygen atoms in total. The number of oxime groups is 2. The van der Waals surface area contributed by atoms with Crippen LogP contribution in [0.5, 0.6) is 0 Å². The van der Waals surface area contributed by atoms with Crippen molar-refractivity contribution < 1.29 is 15.0 Å². The van der Waals surface area contributed by atoms with Crippen molar-refractivity contribution >= 4 is 11.4 Å². The molecule has 0 fully saturated rings. The Morgan fingerprint density at radius 3 is 2.69 bits per heavy atom. The van der Waals surface area contributed by atoms with Gasteiger partial charge in [0.15, 0.2) is 11.4 Å². The quantitative estimate of drug-likeness (QED) is 0.435. The van der Waals surface area contributed by atoms with Crippen molar-refractivity contribution in [3.63, 3.8) is 0 Å². The number of rotatable bonds is 0. The van der Waals surface area contributed by atoms with Crippen LogP contribution in [0.4, 0.5) is 0 Å². The molecule has 0 spiro atoms. The van der Waals surface area contributed by atoms with Gasteiger partial charge in [0.05, 0.1) is 0 Å². The molecule has 0 bridgehead atoms. The van der Waals surface area contributed by atoms with Gasteiger partial charge < -0.3 is 10.4 Å². The Labute approximate surface area is 72.3 Å². The third-order valence-corrected chi connectivity index (χ3v) is 1.87. The van der Waals surface area contributed by atoms with Crippen LogP contribution in [0.15, 0.2) is 14.9 Å². The van der Waals surface area contributed by atoms with E-state index in [1.165, 1.54) is 0 Å². The number of aryl methyl sites for hydroxylation is 1. The second-order valence-corrected chi connectivity index (χ2v) is 2.55. The lowest BCUT2D eigenvalue weighted by molar-refractivity contribution is 0.301. The van der Waals surface area contributed by atoms with Crippen molar-refractivity contribution in [1.29, 1.82) is 0 Å². The van der Waals surface area contributed by atoms with E-state index in [0.717, 1.165) is 0 Å². The molecule has 1 aliphatic rings. The molecule has 2 rings (SSSR count). The highest BCUT2D eigenvalue weighted by molar-refractivity contribution is 6.48. The summed E-state index contributed by atoms with van der Waals surface area (Å²) in [5.41, 5.74) is 1.34. The molecule has 0 saturated carbocycles. The third-order valence-electron chi connectivity index (χ3n) is 1.87. The second kappa shape index (κ2) is 2.85. The van der Waals surface area contributed by atoms with Gasteiger partial charge in [-0.3, -0.25) is 0 Å². The van der Waals surface area contributed by atoms with E-state index in [-0.39, 0.29) is 11.4 Å². The lowest BCUT2D eigenvalue weighted by Gasteiger charge is -2.08. The summed E-state index contributed by atoms with van der Waals surface area (Å²) in [6.45, 7) is 0. The fourth-order valence-corrected chi connectivity index (χ4v) is 1.24. The zero-order valence-electron chi connectivity index (χ0n) is 6.51. The molecule has 1 heterocycles. The molecule has 1 aromatic heterocycles. The third kappa shape index (κ3) is 1.05. The topological polar surface area (TPSA) is 104 Å². The number of hydrogen-bond donors (Lipinski definition) is 2. The van der Waals surface area contributed by atoms with E-state index in [9.17, 15) is 0 Å². The SMILES string of the molecule is O/N=C1/CCc2nonc2/C1=N\O. The van der Waals surface area contributed by atoms with E-state index in [4.69, 9.17) is 10.4 Å². The van der Waals surface area contributed by atoms with Gasteiger partial charge in [-0.2, -0.15) is 0 Å². The molecule has 13 heavy (non-hydrogen) atoms. The zero-order valence-corrected chi connectivity index (χ0v) is 6.51. The van der Waals surface area contributed by atoms with E-state index < -0.39 is 0 Å². The molecule has 1 aromatic rings. The van der Waals surface area contributed by atoms with Gasteiger partial charge in [0, 0.05) is 12.8 Å². The van der Waals surface area contributed by atoms with Crippen molar-refractivity contribution in [2.45, 2.75) is 12.8 Å². The van der Waals surface area contributed by atoms with Crippen LogP contribution in [0.1, 0.15) is 17.8 Å². The molecule has 0 radical (unpaired) electrons. The highest BCUT2D eigenvalue weighted by atomic mass is 16.6. The van der Waals surface area contributed by atoms with Gasteiger partial charge in [-0.25, -0.2) is 4.63 Å². The Morgan fingerprint density at radius 2 is 2.00 bits per heavy atom. The maximum atomic E-state index is 8.64. The van der Waals surface area contributed by atoms with Crippen molar-refractivity contribution in [3.05, 3.63) is 11.4 Å². The second-order valence-electron chi connectivity index (χ2n) is 2.55. The normalized spacial score (nSPS) is 22.2. The fourth-order valence-electron chi connectivity index (χ4n) is 1.24. The Kier molecular flexibility index (Phi) is 1.69. The first kappa shape index (κ1) is 7.71. The summed E-state index contributed by atoms with van der Waals surface area (Å²) >= 11 is 0. The molecule has 0 aromatic carbocycles. The van der Waals surface area contributed by atoms with Crippen molar-refractivity contribution in [3.8, 4) is 0 Å². The number of hydrogen-bond acceptors (Lipinski definition) is 7. The van der Waals surface area contributed by atoms with E-state index in [2.05, 4.69) is 25.3 Å². The van der Waals surface area contributed by atoms with Crippen LogP contribution in [0, 0.1) is 0 Å². The number of fused-ring (bicyclic) bond motifs is 1. The van der Waals surface area contributed by atoms with Crippen LogP contribution in [0.25, 0.3) is 0 Å². The van der Waals surface area contributed by atoms with Crippen LogP contribution in [-0.2, 0) is 6.42 Å². The van der Waals surface area contributed by atoms with Gasteiger partial charge in [0.1, 0.15) is 11.4 Å². The zero-order chi connectivity index (χ0) is 9.26. The predicted octanol–water partition coefficient (Wildman–Crippen LogP) is 0.0243. The summed E-state index contributed by atoms with van der Waals surface area (Å²) in [5, 5.41) is 30.3. The van der Waals surface area contributed by atoms with Gasteiger partial charge in [-0.05, 0) is 5.16 Å². The molecular weight excluding hydrogens is 176 g/mol. The Morgan fingerprint density at radius 1 is 1.15 bits per heavy atom. The summed E-state index contributed by atoms with van der Waals surface area (Å²) in [6.07, 6.45) is 1.02. The molecule has 1 aliphatic carbocycles. The largest absolute Gasteiger partial charge is 0.411 e. The fraction of sp³-hybridized carbons (Fsp3) is 0.333. The minimum Gasteiger partial charge on any atom is -0.411 e. The predicted molar refractivity (Wildman–Crippen MR) is 40.2 cm³/mol. The number of aromatic nitrogens is 2. The van der Waals surface area contributed by atoms with Crippen LogP contribution in [0.2, 0.25) is 0 Å². The van der Waals surface area contributed by atoms with Gasteiger partial charge in [-0.15, -0.1) is 0 Å². The summed E-state index contributed by atoms with van der Waals surface area (Å²) in [5.74, 6) is 0. The van der Waals surface area contributed by atoms with Crippen LogP contribution < -0.4 is 0 Å². The van der Waals surface area contributed by atoms with Crippen molar-refractivity contribution in [1.82, 2.24) is 10.3 Å². The standard InChI is InChI=1S/C6H6N4O3/c11-7-3-1-2-4-6(5(3)8-12)10-13-9-4/h11-12H,1-2H2/b7-3-,8-5-. The Hall–Kier alpha value is -1.92. The summed E-state index contributed by atoms with van der Waals surface area (Å²) < 4.78 is 4.46. The Balaban J connectivity index is 2.53. The van der Waals surface area contributed by atoms with Crippen LogP contribution in [0.3, 0.4) is 0 Å². The number of nitrogens with zero attached hydrogens (tertiary/aromatic N) is 4. The van der Waals surface area contributed by atoms with Gasteiger partial charge in [-0.1, -0.05) is 15.5 Å². The highest BCUT2D eigenvalue weighted by Gasteiger charge is 2.27. The maximum absolute atomic E-state index is 8.64. The average Bonchev–Trinajstić information content (AvgIpc) is 2.63. The van der Waals surface area contributed by atoms with Crippen molar-refractivity contribution in [2.24, 2.45) is 10.3 Å². The van der Waals surface area contributed by atoms with E-state index in [1.54, 1.807) is 0 Å². The lowest BCUT2D eigenvalue weighted by Crippen LogP contribution is -2.23. The molecule has 0 saturated heterocycles.